The number of Topliss-reactive ketones (excluding diaryl/α,β-unsaturated/α-hetero) is 2. The number of fused-ring (bicyclic) bond motifs is 1. The molecule has 1 fully saturated rings. The van der Waals surface area contributed by atoms with Gasteiger partial charge >= 0.3 is 5.97 Å². The van der Waals surface area contributed by atoms with Crippen LogP contribution in [-0.2, 0) is 19.1 Å². The van der Waals surface area contributed by atoms with Crippen molar-refractivity contribution in [1.29, 1.82) is 0 Å². The van der Waals surface area contributed by atoms with Gasteiger partial charge < -0.3 is 8.84 Å². The highest BCUT2D eigenvalue weighted by Crippen LogP contribution is 2.50. The average molecular weight is 312 g/mol. The number of ketones is 2. The van der Waals surface area contributed by atoms with Gasteiger partial charge in [-0.15, -0.1) is 0 Å². The van der Waals surface area contributed by atoms with E-state index >= 15 is 0 Å². The number of halogens is 1. The van der Waals surface area contributed by atoms with Crippen molar-refractivity contribution < 1.29 is 23.2 Å². The monoisotopic (exact) mass is 312 g/mol. The Labute approximate surface area is 124 Å². The maximum absolute atomic E-state index is 14.2. The molecule has 116 valence electrons. The van der Waals surface area contributed by atoms with E-state index in [1.807, 2.05) is 0 Å². The number of rotatable bonds is 3. The third-order valence-electron chi connectivity index (χ3n) is 4.38. The van der Waals surface area contributed by atoms with Gasteiger partial charge in [0.1, 0.15) is 5.78 Å². The van der Waals surface area contributed by atoms with Gasteiger partial charge in [0.15, 0.2) is 5.78 Å². The Bertz CT molecular complexity index is 532. The van der Waals surface area contributed by atoms with Crippen LogP contribution in [0.2, 0.25) is 19.1 Å². The lowest BCUT2D eigenvalue weighted by molar-refractivity contribution is -0.155. The molecule has 4 nitrogen and oxygen atoms in total. The first kappa shape index (κ1) is 16.1. The third kappa shape index (κ3) is 3.00. The second-order valence-electron chi connectivity index (χ2n) is 6.56. The predicted molar refractivity (Wildman–Crippen MR) is 78.0 cm³/mol. The van der Waals surface area contributed by atoms with Gasteiger partial charge in [-0.05, 0) is 43.1 Å². The molecule has 0 saturated heterocycles. The smallest absolute Gasteiger partial charge is 0.316 e. The SMILES string of the molecule is COC(=O)C12CCC(=O)C(C[Si](C)(C)F)=C1CCC(=O)C2. The van der Waals surface area contributed by atoms with E-state index in [4.69, 9.17) is 4.74 Å². The lowest BCUT2D eigenvalue weighted by atomic mass is 9.62. The molecule has 0 aliphatic heterocycles. The minimum Gasteiger partial charge on any atom is -0.468 e. The molecule has 0 radical (unpaired) electrons. The van der Waals surface area contributed by atoms with Crippen LogP contribution in [0.1, 0.15) is 32.1 Å². The first-order chi connectivity index (χ1) is 9.69. The van der Waals surface area contributed by atoms with E-state index in [1.165, 1.54) is 7.11 Å². The second-order valence-corrected chi connectivity index (χ2v) is 10.4. The van der Waals surface area contributed by atoms with Crippen LogP contribution in [-0.4, -0.2) is 33.1 Å². The van der Waals surface area contributed by atoms with Crippen molar-refractivity contribution in [3.05, 3.63) is 11.1 Å². The fraction of sp³-hybridized carbons (Fsp3) is 0.667. The summed E-state index contributed by atoms with van der Waals surface area (Å²) in [6, 6.07) is 0.119. The number of allylic oxidation sites excluding steroid dienone is 1. The van der Waals surface area contributed by atoms with Crippen molar-refractivity contribution in [3.63, 3.8) is 0 Å². The molecule has 21 heavy (non-hydrogen) atoms. The zero-order chi connectivity index (χ0) is 15.8. The van der Waals surface area contributed by atoms with Crippen molar-refractivity contribution in [2.24, 2.45) is 5.41 Å². The largest absolute Gasteiger partial charge is 0.468 e. The number of hydrogen-bond donors (Lipinski definition) is 0. The Morgan fingerprint density at radius 3 is 2.52 bits per heavy atom. The van der Waals surface area contributed by atoms with Crippen molar-refractivity contribution in [2.45, 2.75) is 51.2 Å². The maximum atomic E-state index is 14.2. The summed E-state index contributed by atoms with van der Waals surface area (Å²) < 4.78 is 19.1. The van der Waals surface area contributed by atoms with E-state index in [2.05, 4.69) is 0 Å². The summed E-state index contributed by atoms with van der Waals surface area (Å²) in [6.07, 6.45) is 1.27. The summed E-state index contributed by atoms with van der Waals surface area (Å²) in [5.41, 5.74) is 0.106. The molecule has 6 heteroatoms. The number of carbonyl (C=O) groups excluding carboxylic acids is 3. The Morgan fingerprint density at radius 2 is 1.95 bits per heavy atom. The molecule has 0 aromatic carbocycles. The summed E-state index contributed by atoms with van der Waals surface area (Å²) in [4.78, 5) is 36.3. The van der Waals surface area contributed by atoms with Crippen molar-refractivity contribution in [1.82, 2.24) is 0 Å². The molecular weight excluding hydrogens is 291 g/mol. The van der Waals surface area contributed by atoms with E-state index < -0.39 is 19.8 Å². The summed E-state index contributed by atoms with van der Waals surface area (Å²) in [6.45, 7) is 3.10. The predicted octanol–water partition coefficient (Wildman–Crippen LogP) is 2.73. The normalized spacial score (nSPS) is 26.7. The zero-order valence-corrected chi connectivity index (χ0v) is 13.8. The van der Waals surface area contributed by atoms with Crippen LogP contribution < -0.4 is 0 Å². The highest BCUT2D eigenvalue weighted by atomic mass is 28.4. The van der Waals surface area contributed by atoms with Crippen LogP contribution in [0.4, 0.5) is 4.11 Å². The van der Waals surface area contributed by atoms with Gasteiger partial charge in [-0.1, -0.05) is 0 Å². The minimum absolute atomic E-state index is 0.00889. The standard InChI is InChI=1S/C15H21FO4Si/c1-20-14(19)15-7-6-13(18)11(9-21(2,3)16)12(15)5-4-10(17)8-15/h4-9H2,1-3H3. The van der Waals surface area contributed by atoms with Crippen LogP contribution in [0.15, 0.2) is 11.1 Å². The Morgan fingerprint density at radius 1 is 1.29 bits per heavy atom. The first-order valence-electron chi connectivity index (χ1n) is 7.24. The Balaban J connectivity index is 2.55. The van der Waals surface area contributed by atoms with Crippen molar-refractivity contribution >= 4 is 25.9 Å². The molecule has 2 rings (SSSR count). The van der Waals surface area contributed by atoms with Gasteiger partial charge in [-0.25, -0.2) is 0 Å². The quantitative estimate of drug-likeness (QED) is 0.457. The van der Waals surface area contributed by atoms with Gasteiger partial charge in [-0.2, -0.15) is 0 Å². The summed E-state index contributed by atoms with van der Waals surface area (Å²) in [7, 11) is -1.68. The van der Waals surface area contributed by atoms with Crippen molar-refractivity contribution in [2.75, 3.05) is 7.11 Å². The third-order valence-corrected chi connectivity index (χ3v) is 5.58. The summed E-state index contributed by atoms with van der Waals surface area (Å²) >= 11 is 0. The molecule has 1 atom stereocenters. The molecule has 2 aliphatic rings. The molecule has 1 saturated carbocycles. The second kappa shape index (κ2) is 5.48. The fourth-order valence-electron chi connectivity index (χ4n) is 3.48. The summed E-state index contributed by atoms with van der Waals surface area (Å²) in [5, 5.41) is 0. The Hall–Kier alpha value is -1.30. The van der Waals surface area contributed by atoms with Gasteiger partial charge in [0.25, 0.3) is 0 Å². The molecule has 0 aromatic heterocycles. The molecule has 0 amide bonds. The van der Waals surface area contributed by atoms with Crippen molar-refractivity contribution in [3.8, 4) is 0 Å². The van der Waals surface area contributed by atoms with Gasteiger partial charge in [0.2, 0.25) is 8.41 Å². The van der Waals surface area contributed by atoms with Crippen LogP contribution in [0.25, 0.3) is 0 Å². The summed E-state index contributed by atoms with van der Waals surface area (Å²) in [5.74, 6) is -0.527. The molecule has 0 aromatic rings. The molecular formula is C15H21FO4Si. The van der Waals surface area contributed by atoms with E-state index in [-0.39, 0.29) is 30.5 Å². The maximum Gasteiger partial charge on any atom is 0.316 e. The molecule has 1 unspecified atom stereocenters. The number of carbonyl (C=O) groups is 3. The van der Waals surface area contributed by atoms with E-state index in [1.54, 1.807) is 13.1 Å². The Kier molecular flexibility index (Phi) is 4.19. The average Bonchev–Trinajstić information content (AvgIpc) is 2.39. The molecule has 0 N–H and O–H groups in total. The van der Waals surface area contributed by atoms with E-state index in [0.29, 0.717) is 30.4 Å². The van der Waals surface area contributed by atoms with E-state index in [0.717, 1.165) is 0 Å². The van der Waals surface area contributed by atoms with Crippen LogP contribution in [0.3, 0.4) is 0 Å². The van der Waals surface area contributed by atoms with Gasteiger partial charge in [0, 0.05) is 19.3 Å². The zero-order valence-electron chi connectivity index (χ0n) is 12.8. The molecule has 2 aliphatic carbocycles. The highest BCUT2D eigenvalue weighted by Gasteiger charge is 2.51. The molecule has 0 bridgehead atoms. The van der Waals surface area contributed by atoms with E-state index in [9.17, 15) is 18.5 Å². The topological polar surface area (TPSA) is 60.4 Å². The number of hydrogen-bond acceptors (Lipinski definition) is 4. The first-order valence-corrected chi connectivity index (χ1v) is 10.3. The lowest BCUT2D eigenvalue weighted by Gasteiger charge is -2.41. The number of methoxy groups -OCH3 is 1. The number of esters is 1. The minimum atomic E-state index is -2.97. The molecule has 0 spiro atoms. The molecule has 0 heterocycles. The van der Waals surface area contributed by atoms with Crippen LogP contribution in [0.5, 0.6) is 0 Å². The highest BCUT2D eigenvalue weighted by molar-refractivity contribution is 6.71. The van der Waals surface area contributed by atoms with Gasteiger partial charge in [-0.3, -0.25) is 14.4 Å². The lowest BCUT2D eigenvalue weighted by Crippen LogP contribution is -2.44. The fourth-order valence-corrected chi connectivity index (χ4v) is 4.73. The van der Waals surface area contributed by atoms with Gasteiger partial charge in [0.05, 0.1) is 12.5 Å². The number of ether oxygens (including phenoxy) is 1. The van der Waals surface area contributed by atoms with Crippen LogP contribution >= 0.6 is 0 Å². The van der Waals surface area contributed by atoms with Crippen LogP contribution in [0, 0.1) is 5.41 Å².